The van der Waals surface area contributed by atoms with Crippen molar-refractivity contribution in [3.05, 3.63) is 371 Å². The average molecular weight is 1200 g/mol. The molecule has 11 heteroatoms. The first-order valence-corrected chi connectivity index (χ1v) is 30.7. The highest BCUT2D eigenvalue weighted by Gasteiger charge is 2.40. The normalized spacial score (nSPS) is 11.5. The van der Waals surface area contributed by atoms with Crippen LogP contribution < -0.4 is 9.47 Å². The number of carbonyl (C=O) groups excluding carboxylic acids is 1. The first-order valence-electron chi connectivity index (χ1n) is 27.4. The molecule has 0 saturated carbocycles. The molecule has 0 bridgehead atoms. The Bertz CT molecular complexity index is 3740. The quantitative estimate of drug-likeness (QED) is 0.0367. The lowest BCUT2D eigenvalue weighted by atomic mass is 9.65. The van der Waals surface area contributed by atoms with Gasteiger partial charge in [-0.3, -0.25) is 0 Å². The fourth-order valence-electron chi connectivity index (χ4n) is 10.8. The molecule has 0 aromatic heterocycles. The molecule has 0 spiro atoms. The van der Waals surface area contributed by atoms with E-state index in [0.29, 0.717) is 0 Å². The number of hydrogen-bond acceptors (Lipinski definition) is 7. The van der Waals surface area contributed by atoms with Gasteiger partial charge in [0.1, 0.15) is 34.8 Å². The minimum atomic E-state index is -0.916. The van der Waals surface area contributed by atoms with E-state index in [4.69, 9.17) is 9.47 Å². The monoisotopic (exact) mass is 1200 g/mol. The highest BCUT2D eigenvalue weighted by Crippen LogP contribution is 2.49. The third-order valence-corrected chi connectivity index (χ3v) is 18.8. The molecule has 0 unspecified atom stereocenters. The Morgan fingerprint density at radius 3 is 0.616 bits per heavy atom. The fourth-order valence-corrected chi connectivity index (χ4v) is 14.0. The largest absolute Gasteiger partial charge is 0.519 e. The van der Waals surface area contributed by atoms with Crippen LogP contribution in [-0.4, -0.2) is 6.16 Å². The van der Waals surface area contributed by atoms with Gasteiger partial charge in [-0.05, 0) is 214 Å². The zero-order chi connectivity index (χ0) is 58.9. The van der Waals surface area contributed by atoms with Crippen LogP contribution >= 0.6 is 47.0 Å². The van der Waals surface area contributed by atoms with Crippen LogP contribution in [0.4, 0.5) is 22.4 Å². The van der Waals surface area contributed by atoms with Gasteiger partial charge < -0.3 is 9.47 Å². The molecule has 0 aliphatic carbocycles. The Hall–Kier alpha value is -8.97. The third kappa shape index (κ3) is 12.8. The second-order valence-corrected chi connectivity index (χ2v) is 24.6. The van der Waals surface area contributed by atoms with Gasteiger partial charge in [0.05, 0.1) is 10.8 Å². The van der Waals surface area contributed by atoms with Crippen LogP contribution in [-0.2, 0) is 10.8 Å². The average Bonchev–Trinajstić information content (AvgIpc) is 0.798. The van der Waals surface area contributed by atoms with Gasteiger partial charge in [0, 0.05) is 39.2 Å². The van der Waals surface area contributed by atoms with Gasteiger partial charge in [0.2, 0.25) is 0 Å². The van der Waals surface area contributed by atoms with Crippen LogP contribution in [0.25, 0.3) is 0 Å². The summed E-state index contributed by atoms with van der Waals surface area (Å²) in [5.41, 5.74) is 6.00. The minimum Gasteiger partial charge on any atom is -0.395 e. The highest BCUT2D eigenvalue weighted by atomic mass is 32.2. The molecule has 420 valence electrons. The molecule has 0 heterocycles. The van der Waals surface area contributed by atoms with E-state index in [1.807, 2.05) is 60.7 Å². The summed E-state index contributed by atoms with van der Waals surface area (Å²) < 4.78 is 67.2. The number of rotatable bonds is 18. The molecule has 86 heavy (non-hydrogen) atoms. The van der Waals surface area contributed by atoms with E-state index in [9.17, 15) is 22.4 Å². The lowest BCUT2D eigenvalue weighted by Gasteiger charge is -2.37. The molecule has 12 rings (SSSR count). The lowest BCUT2D eigenvalue weighted by molar-refractivity contribution is 0.152. The van der Waals surface area contributed by atoms with Crippen molar-refractivity contribution in [3.63, 3.8) is 0 Å². The van der Waals surface area contributed by atoms with E-state index in [0.717, 1.165) is 83.7 Å². The molecule has 0 radical (unpaired) electrons. The second-order valence-electron chi connectivity index (χ2n) is 20.1. The van der Waals surface area contributed by atoms with E-state index < -0.39 is 17.0 Å². The Labute approximate surface area is 514 Å². The van der Waals surface area contributed by atoms with Gasteiger partial charge >= 0.3 is 6.16 Å². The topological polar surface area (TPSA) is 35.5 Å². The fraction of sp³-hybridized carbons (Fsp3) is 0.0267. The van der Waals surface area contributed by atoms with E-state index in [-0.39, 0.29) is 34.8 Å². The zero-order valence-electron chi connectivity index (χ0n) is 45.7. The molecule has 0 amide bonds. The van der Waals surface area contributed by atoms with E-state index in [2.05, 4.69) is 121 Å². The summed E-state index contributed by atoms with van der Waals surface area (Å²) in [5.74, 6) is -0.609. The maximum atomic E-state index is 13.9. The molecular formula is C75H50F4O3S4. The number of halogens is 4. The first kappa shape index (κ1) is 57.5. The second kappa shape index (κ2) is 26.1. The summed E-state index contributed by atoms with van der Waals surface area (Å²) in [4.78, 5) is 21.4. The summed E-state index contributed by atoms with van der Waals surface area (Å²) in [6, 6.07) is 94.8. The van der Waals surface area contributed by atoms with Crippen molar-refractivity contribution in [2.45, 2.75) is 50.0 Å². The van der Waals surface area contributed by atoms with Crippen LogP contribution in [0.2, 0.25) is 0 Å². The zero-order valence-corrected chi connectivity index (χ0v) is 49.0. The molecule has 12 aromatic carbocycles. The van der Waals surface area contributed by atoms with Gasteiger partial charge in [-0.25, -0.2) is 22.4 Å². The van der Waals surface area contributed by atoms with E-state index >= 15 is 0 Å². The lowest BCUT2D eigenvalue weighted by Crippen LogP contribution is -2.31. The Morgan fingerprint density at radius 1 is 0.233 bits per heavy atom. The van der Waals surface area contributed by atoms with Gasteiger partial charge in [0.15, 0.2) is 0 Å². The van der Waals surface area contributed by atoms with Gasteiger partial charge in [-0.15, -0.1) is 0 Å². The number of ether oxygens (including phenoxy) is 2. The van der Waals surface area contributed by atoms with Crippen molar-refractivity contribution in [3.8, 4) is 11.5 Å². The smallest absolute Gasteiger partial charge is 0.395 e. The maximum absolute atomic E-state index is 13.9. The first-order chi connectivity index (χ1) is 42.1. The summed E-state index contributed by atoms with van der Waals surface area (Å²) in [6.07, 6.45) is -0.916. The van der Waals surface area contributed by atoms with Crippen LogP contribution in [0, 0.1) is 23.3 Å². The van der Waals surface area contributed by atoms with Crippen LogP contribution in [0.15, 0.2) is 342 Å². The van der Waals surface area contributed by atoms with E-state index in [1.165, 1.54) is 48.5 Å². The van der Waals surface area contributed by atoms with Gasteiger partial charge in [-0.2, -0.15) is 0 Å². The maximum Gasteiger partial charge on any atom is 0.519 e. The number of carbonyl (C=O) groups is 1. The van der Waals surface area contributed by atoms with Crippen molar-refractivity contribution >= 4 is 53.2 Å². The van der Waals surface area contributed by atoms with Crippen LogP contribution in [0.1, 0.15) is 44.5 Å². The van der Waals surface area contributed by atoms with Crippen molar-refractivity contribution in [1.29, 1.82) is 0 Å². The van der Waals surface area contributed by atoms with Gasteiger partial charge in [-0.1, -0.05) is 181 Å². The summed E-state index contributed by atoms with van der Waals surface area (Å²) in [6.45, 7) is 0. The molecule has 0 aliphatic rings. The predicted octanol–water partition coefficient (Wildman–Crippen LogP) is 21.2. The van der Waals surface area contributed by atoms with Crippen LogP contribution in [0.5, 0.6) is 11.5 Å². The van der Waals surface area contributed by atoms with Gasteiger partial charge in [0.25, 0.3) is 0 Å². The molecule has 12 aromatic rings. The number of hydrogen-bond donors (Lipinski definition) is 0. The Kier molecular flexibility index (Phi) is 17.4. The standard InChI is InChI=1S/C75H50F4O3S4/c76-59-23-43-69(44-24-59)83-65-35-15-55(16-36-65)74(51-7-3-1-4-8-51,56-17-37-66(38-18-56)84-70-45-25-60(77)26-46-70)53-11-31-63(32-12-53)81-73(80)82-64-33-13-54(14-34-64)75(52-9-5-2-6-10-52,57-19-39-67(40-20-57)85-71-47-27-61(78)28-48-71)58-21-41-68(42-22-58)86-72-49-29-62(79)30-50-72/h1-50H. The van der Waals surface area contributed by atoms with Crippen molar-refractivity contribution in [1.82, 2.24) is 0 Å². The molecule has 0 aliphatic heterocycles. The summed E-state index contributed by atoms with van der Waals surface area (Å²) >= 11 is 6.18. The summed E-state index contributed by atoms with van der Waals surface area (Å²) in [7, 11) is 0. The Balaban J connectivity index is 0.850. The molecule has 0 saturated heterocycles. The SMILES string of the molecule is O=C(Oc1ccc(C(c2ccccc2)(c2ccc(Sc3ccc(F)cc3)cc2)c2ccc(Sc3ccc(F)cc3)cc2)cc1)Oc1ccc(C(c2ccccc2)(c2ccc(Sc3ccc(F)cc3)cc2)c2ccc(Sc3ccc(F)cc3)cc2)cc1. The third-order valence-electron chi connectivity index (χ3n) is 14.7. The predicted molar refractivity (Wildman–Crippen MR) is 338 cm³/mol. The molecule has 3 nitrogen and oxygen atoms in total. The molecular weight excluding hydrogens is 1150 g/mol. The molecule has 0 fully saturated rings. The summed E-state index contributed by atoms with van der Waals surface area (Å²) in [5, 5.41) is 0. The molecule has 0 atom stereocenters. The van der Waals surface area contributed by atoms with Crippen molar-refractivity contribution in [2.75, 3.05) is 0 Å². The Morgan fingerprint density at radius 2 is 0.407 bits per heavy atom. The molecule has 0 N–H and O–H groups in total. The number of benzene rings is 12. The highest BCUT2D eigenvalue weighted by molar-refractivity contribution is 8.00. The minimum absolute atomic E-state index is 0.277. The van der Waals surface area contributed by atoms with Crippen LogP contribution in [0.3, 0.4) is 0 Å². The van der Waals surface area contributed by atoms with Crippen molar-refractivity contribution < 1.29 is 31.8 Å². The van der Waals surface area contributed by atoms with Crippen molar-refractivity contribution in [2.24, 2.45) is 0 Å². The van der Waals surface area contributed by atoms with E-state index in [1.54, 1.807) is 120 Å².